The minimum absolute atomic E-state index is 0. The Labute approximate surface area is 155 Å². The molecule has 6 heteroatoms. The van der Waals surface area contributed by atoms with E-state index in [1.54, 1.807) is 4.68 Å². The second-order valence-electron chi connectivity index (χ2n) is 5.50. The molecule has 1 aromatic heterocycles. The van der Waals surface area contributed by atoms with E-state index in [9.17, 15) is 0 Å². The van der Waals surface area contributed by atoms with Crippen molar-refractivity contribution < 1.29 is 0 Å². The molecule has 0 fully saturated rings. The van der Waals surface area contributed by atoms with Gasteiger partial charge in [0, 0.05) is 31.9 Å². The Kier molecular flexibility index (Phi) is 8.08. The fourth-order valence-electron chi connectivity index (χ4n) is 2.29. The van der Waals surface area contributed by atoms with Gasteiger partial charge in [0.2, 0.25) is 0 Å². The molecule has 0 aliphatic rings. The van der Waals surface area contributed by atoms with Gasteiger partial charge >= 0.3 is 0 Å². The summed E-state index contributed by atoms with van der Waals surface area (Å²) in [4.78, 5) is 4.60. The molecule has 1 aromatic carbocycles. The highest BCUT2D eigenvalue weighted by Gasteiger charge is 2.02. The third kappa shape index (κ3) is 6.21. The third-order valence-electron chi connectivity index (χ3n) is 3.47. The standard InChI is InChI=1S/C17H25N5.HI/c1-5-18-17(19-9-15-10-21-22(4)12-15)20-11-16-7-6-13(2)8-14(16)3;/h6-8,10,12H,5,9,11H2,1-4H3,(H2,18,19,20);1H. The summed E-state index contributed by atoms with van der Waals surface area (Å²) in [6.07, 6.45) is 3.83. The van der Waals surface area contributed by atoms with Crippen LogP contribution in [-0.4, -0.2) is 22.3 Å². The van der Waals surface area contributed by atoms with Gasteiger partial charge in [0.15, 0.2) is 5.96 Å². The summed E-state index contributed by atoms with van der Waals surface area (Å²) < 4.78 is 1.79. The van der Waals surface area contributed by atoms with Gasteiger partial charge in [-0.2, -0.15) is 5.10 Å². The number of benzene rings is 1. The average molecular weight is 427 g/mol. The van der Waals surface area contributed by atoms with Gasteiger partial charge in [-0.1, -0.05) is 23.8 Å². The van der Waals surface area contributed by atoms with Crippen molar-refractivity contribution in [3.8, 4) is 0 Å². The van der Waals surface area contributed by atoms with E-state index >= 15 is 0 Å². The Hall–Kier alpha value is -1.57. The number of hydrogen-bond acceptors (Lipinski definition) is 2. The Balaban J connectivity index is 0.00000264. The van der Waals surface area contributed by atoms with Crippen molar-refractivity contribution in [3.05, 3.63) is 52.8 Å². The maximum Gasteiger partial charge on any atom is 0.191 e. The molecule has 2 aromatic rings. The second-order valence-corrected chi connectivity index (χ2v) is 5.50. The highest BCUT2D eigenvalue weighted by atomic mass is 127. The number of aryl methyl sites for hydroxylation is 3. The zero-order valence-corrected chi connectivity index (χ0v) is 16.6. The van der Waals surface area contributed by atoms with E-state index in [-0.39, 0.29) is 24.0 Å². The van der Waals surface area contributed by atoms with Gasteiger partial charge in [0.25, 0.3) is 0 Å². The van der Waals surface area contributed by atoms with E-state index in [0.29, 0.717) is 6.54 Å². The largest absolute Gasteiger partial charge is 0.357 e. The highest BCUT2D eigenvalue weighted by Crippen LogP contribution is 2.10. The zero-order chi connectivity index (χ0) is 15.9. The summed E-state index contributed by atoms with van der Waals surface area (Å²) >= 11 is 0. The van der Waals surface area contributed by atoms with Crippen LogP contribution in [0.1, 0.15) is 29.2 Å². The molecule has 1 heterocycles. The monoisotopic (exact) mass is 427 g/mol. The zero-order valence-electron chi connectivity index (χ0n) is 14.3. The summed E-state index contributed by atoms with van der Waals surface area (Å²) in [5, 5.41) is 10.8. The molecule has 126 valence electrons. The first-order valence-electron chi connectivity index (χ1n) is 7.64. The van der Waals surface area contributed by atoms with Gasteiger partial charge < -0.3 is 10.6 Å². The van der Waals surface area contributed by atoms with Crippen molar-refractivity contribution in [2.45, 2.75) is 33.9 Å². The van der Waals surface area contributed by atoms with Crippen LogP contribution in [0.4, 0.5) is 0 Å². The number of nitrogens with one attached hydrogen (secondary N) is 2. The lowest BCUT2D eigenvalue weighted by atomic mass is 10.1. The van der Waals surface area contributed by atoms with Crippen LogP contribution in [0, 0.1) is 13.8 Å². The van der Waals surface area contributed by atoms with E-state index in [1.165, 1.54) is 16.7 Å². The topological polar surface area (TPSA) is 54.2 Å². The highest BCUT2D eigenvalue weighted by molar-refractivity contribution is 14.0. The number of aliphatic imine (C=N–C) groups is 1. The molecule has 0 atom stereocenters. The van der Waals surface area contributed by atoms with Gasteiger partial charge in [0.05, 0.1) is 12.7 Å². The summed E-state index contributed by atoms with van der Waals surface area (Å²) in [6.45, 7) is 8.55. The molecule has 0 unspecified atom stereocenters. The second kappa shape index (κ2) is 9.54. The molecule has 0 spiro atoms. The van der Waals surface area contributed by atoms with E-state index < -0.39 is 0 Å². The molecular formula is C17H26IN5. The van der Waals surface area contributed by atoms with Gasteiger partial charge in [-0.25, -0.2) is 4.99 Å². The Morgan fingerprint density at radius 2 is 2.04 bits per heavy atom. The number of guanidine groups is 1. The third-order valence-corrected chi connectivity index (χ3v) is 3.47. The summed E-state index contributed by atoms with van der Waals surface area (Å²) in [5.41, 5.74) is 4.98. The Morgan fingerprint density at radius 1 is 1.26 bits per heavy atom. The van der Waals surface area contributed by atoms with E-state index in [1.807, 2.05) is 19.4 Å². The molecule has 0 saturated carbocycles. The first-order valence-corrected chi connectivity index (χ1v) is 7.64. The predicted octanol–water partition coefficient (Wildman–Crippen LogP) is 2.91. The minimum atomic E-state index is 0. The van der Waals surface area contributed by atoms with Gasteiger partial charge in [0.1, 0.15) is 0 Å². The molecule has 0 amide bonds. The molecule has 23 heavy (non-hydrogen) atoms. The van der Waals surface area contributed by atoms with Gasteiger partial charge in [-0.3, -0.25) is 4.68 Å². The van der Waals surface area contributed by atoms with Crippen LogP contribution in [0.3, 0.4) is 0 Å². The van der Waals surface area contributed by atoms with Crippen molar-refractivity contribution in [2.24, 2.45) is 12.0 Å². The maximum absolute atomic E-state index is 4.60. The number of hydrogen-bond donors (Lipinski definition) is 2. The Morgan fingerprint density at radius 3 is 2.65 bits per heavy atom. The van der Waals surface area contributed by atoms with Crippen LogP contribution in [0.15, 0.2) is 35.6 Å². The van der Waals surface area contributed by atoms with Crippen LogP contribution in [0.5, 0.6) is 0 Å². The molecule has 0 bridgehead atoms. The van der Waals surface area contributed by atoms with Crippen LogP contribution in [0.2, 0.25) is 0 Å². The van der Waals surface area contributed by atoms with Crippen LogP contribution < -0.4 is 10.6 Å². The molecule has 5 nitrogen and oxygen atoms in total. The van der Waals surface area contributed by atoms with Crippen LogP contribution in [-0.2, 0) is 20.1 Å². The van der Waals surface area contributed by atoms with E-state index in [4.69, 9.17) is 0 Å². The number of halogens is 1. The molecule has 0 aliphatic carbocycles. The van der Waals surface area contributed by atoms with Crippen molar-refractivity contribution in [2.75, 3.05) is 6.54 Å². The Bertz CT molecular complexity index is 648. The SMILES string of the molecule is CCNC(=NCc1cnn(C)c1)NCc1ccc(C)cc1C.I. The number of aromatic nitrogens is 2. The van der Waals surface area contributed by atoms with E-state index in [0.717, 1.165) is 24.6 Å². The number of nitrogens with zero attached hydrogens (tertiary/aromatic N) is 3. The van der Waals surface area contributed by atoms with Gasteiger partial charge in [-0.15, -0.1) is 24.0 Å². The van der Waals surface area contributed by atoms with E-state index in [2.05, 4.69) is 59.7 Å². The summed E-state index contributed by atoms with van der Waals surface area (Å²) in [7, 11) is 1.91. The molecule has 0 aliphatic heterocycles. The van der Waals surface area contributed by atoms with Crippen LogP contribution >= 0.6 is 24.0 Å². The molecule has 2 N–H and O–H groups in total. The molecule has 2 rings (SSSR count). The summed E-state index contributed by atoms with van der Waals surface area (Å²) in [5.74, 6) is 0.825. The lowest BCUT2D eigenvalue weighted by molar-refractivity contribution is 0.766. The lowest BCUT2D eigenvalue weighted by Crippen LogP contribution is -2.36. The van der Waals surface area contributed by atoms with Gasteiger partial charge in [-0.05, 0) is 31.9 Å². The quantitative estimate of drug-likeness (QED) is 0.439. The first-order chi connectivity index (χ1) is 10.6. The fraction of sp³-hybridized carbons (Fsp3) is 0.412. The molecule has 0 radical (unpaired) electrons. The average Bonchev–Trinajstić information content (AvgIpc) is 2.89. The fourth-order valence-corrected chi connectivity index (χ4v) is 2.29. The lowest BCUT2D eigenvalue weighted by Gasteiger charge is -2.13. The van der Waals surface area contributed by atoms with Crippen molar-refractivity contribution in [1.82, 2.24) is 20.4 Å². The van der Waals surface area contributed by atoms with Crippen molar-refractivity contribution in [3.63, 3.8) is 0 Å². The number of rotatable bonds is 5. The normalized spacial score (nSPS) is 11.0. The predicted molar refractivity (Wildman–Crippen MR) is 106 cm³/mol. The molecular weight excluding hydrogens is 401 g/mol. The smallest absolute Gasteiger partial charge is 0.191 e. The van der Waals surface area contributed by atoms with Crippen LogP contribution in [0.25, 0.3) is 0 Å². The molecule has 0 saturated heterocycles. The maximum atomic E-state index is 4.60. The van der Waals surface area contributed by atoms with Crippen molar-refractivity contribution in [1.29, 1.82) is 0 Å². The van der Waals surface area contributed by atoms with Crippen molar-refractivity contribution >= 4 is 29.9 Å². The minimum Gasteiger partial charge on any atom is -0.357 e. The first kappa shape index (κ1) is 19.5. The summed E-state index contributed by atoms with van der Waals surface area (Å²) in [6, 6.07) is 6.52.